The number of rotatable bonds is 8. The molecule has 1 aliphatic rings. The molecule has 0 spiro atoms. The number of carbonyl (C=O) groups is 1. The van der Waals surface area contributed by atoms with Gasteiger partial charge < -0.3 is 24.7 Å². The number of ether oxygens (including phenoxy) is 2. The van der Waals surface area contributed by atoms with Crippen molar-refractivity contribution in [2.75, 3.05) is 33.4 Å². The summed E-state index contributed by atoms with van der Waals surface area (Å²) in [7, 11) is 1.59. The molecule has 32 heavy (non-hydrogen) atoms. The summed E-state index contributed by atoms with van der Waals surface area (Å²) in [6.45, 7) is 2.65. The van der Waals surface area contributed by atoms with Crippen LogP contribution in [0.5, 0.6) is 5.75 Å². The van der Waals surface area contributed by atoms with Crippen molar-refractivity contribution in [3.05, 3.63) is 59.8 Å². The first kappa shape index (κ1) is 22.3. The van der Waals surface area contributed by atoms with E-state index < -0.39 is 11.7 Å². The topological polar surface area (TPSA) is 64.5 Å². The zero-order valence-electron chi connectivity index (χ0n) is 17.5. The average Bonchev–Trinajstić information content (AvgIpc) is 3.07. The molecule has 0 aliphatic carbocycles. The number of benzene rings is 2. The summed E-state index contributed by atoms with van der Waals surface area (Å²) in [5.74, 6) is -0.0549. The van der Waals surface area contributed by atoms with Gasteiger partial charge >= 0.3 is 12.1 Å². The number of nitrogens with zero attached hydrogens (tertiary/aromatic N) is 1. The fourth-order valence-electron chi connectivity index (χ4n) is 3.58. The van der Waals surface area contributed by atoms with E-state index in [1.165, 1.54) is 12.1 Å². The van der Waals surface area contributed by atoms with Crippen molar-refractivity contribution in [2.24, 2.45) is 5.92 Å². The predicted octanol–water partition coefficient (Wildman–Crippen LogP) is 3.51. The summed E-state index contributed by atoms with van der Waals surface area (Å²) in [5, 5.41) is 6.72. The number of nitrogens with one attached hydrogen (secondary N) is 2. The molecule has 0 unspecified atom stereocenters. The van der Waals surface area contributed by atoms with Gasteiger partial charge in [0, 0.05) is 56.6 Å². The molecule has 1 saturated heterocycles. The van der Waals surface area contributed by atoms with E-state index in [4.69, 9.17) is 9.47 Å². The maximum atomic E-state index is 13.3. The Morgan fingerprint density at radius 1 is 1.22 bits per heavy atom. The molecule has 0 radical (unpaired) electrons. The molecule has 1 aromatic heterocycles. The first-order chi connectivity index (χ1) is 15.4. The van der Waals surface area contributed by atoms with Gasteiger partial charge in [-0.2, -0.15) is 13.2 Å². The Hall–Kier alpha value is -2.88. The third kappa shape index (κ3) is 4.79. The molecule has 1 aliphatic heterocycles. The van der Waals surface area contributed by atoms with E-state index in [0.717, 1.165) is 11.6 Å². The van der Waals surface area contributed by atoms with Crippen molar-refractivity contribution in [1.29, 1.82) is 0 Å². The highest BCUT2D eigenvalue weighted by Gasteiger charge is 2.31. The summed E-state index contributed by atoms with van der Waals surface area (Å²) >= 11 is 0. The molecule has 4 rings (SSSR count). The van der Waals surface area contributed by atoms with Crippen LogP contribution in [0.2, 0.25) is 0 Å². The third-order valence-electron chi connectivity index (χ3n) is 5.44. The Balaban J connectivity index is 1.68. The first-order valence-electron chi connectivity index (χ1n) is 10.3. The van der Waals surface area contributed by atoms with Gasteiger partial charge in [-0.15, -0.1) is 0 Å². The number of carbonyl (C=O) groups excluding carboxylic acids is 1. The summed E-state index contributed by atoms with van der Waals surface area (Å²) in [6.07, 6.45) is -2.62. The van der Waals surface area contributed by atoms with Gasteiger partial charge in [0.1, 0.15) is 5.75 Å². The predicted molar refractivity (Wildman–Crippen MR) is 114 cm³/mol. The Morgan fingerprint density at radius 2 is 2.03 bits per heavy atom. The largest absolute Gasteiger partial charge is 0.426 e. The second-order valence-electron chi connectivity index (χ2n) is 7.70. The molecule has 1 fully saturated rings. The number of fused-ring (bicyclic) bond motifs is 1. The number of hydrogen-bond donors (Lipinski definition) is 2. The maximum Gasteiger partial charge on any atom is 0.416 e. The van der Waals surface area contributed by atoms with Crippen LogP contribution in [-0.4, -0.2) is 43.9 Å². The van der Waals surface area contributed by atoms with Gasteiger partial charge in [-0.3, -0.25) is 4.79 Å². The SMILES string of the molecule is COCCNCc1cn(-c2cccc(OC(=O)C3CNC3)c2)c2ccc(C(F)(F)F)cc12. The zero-order chi connectivity index (χ0) is 22.7. The minimum Gasteiger partial charge on any atom is -0.426 e. The number of aromatic nitrogens is 1. The average molecular weight is 447 g/mol. The van der Waals surface area contributed by atoms with Crippen LogP contribution in [0.1, 0.15) is 11.1 Å². The van der Waals surface area contributed by atoms with Crippen LogP contribution in [0.4, 0.5) is 13.2 Å². The van der Waals surface area contributed by atoms with Crippen molar-refractivity contribution in [1.82, 2.24) is 15.2 Å². The lowest BCUT2D eigenvalue weighted by Gasteiger charge is -2.24. The van der Waals surface area contributed by atoms with E-state index in [1.807, 2.05) is 10.6 Å². The molecule has 170 valence electrons. The van der Waals surface area contributed by atoms with Crippen LogP contribution in [0.25, 0.3) is 16.6 Å². The highest BCUT2D eigenvalue weighted by molar-refractivity contribution is 5.86. The monoisotopic (exact) mass is 447 g/mol. The summed E-state index contributed by atoms with van der Waals surface area (Å²) < 4.78 is 52.2. The molecule has 0 atom stereocenters. The minimum atomic E-state index is -4.43. The number of hydrogen-bond acceptors (Lipinski definition) is 5. The van der Waals surface area contributed by atoms with E-state index in [0.29, 0.717) is 55.1 Å². The normalized spacial score (nSPS) is 14.5. The summed E-state index contributed by atoms with van der Waals surface area (Å²) in [4.78, 5) is 12.2. The van der Waals surface area contributed by atoms with Crippen LogP contribution < -0.4 is 15.4 Å². The molecule has 9 heteroatoms. The Labute approximate surface area is 183 Å². The van der Waals surface area contributed by atoms with Crippen LogP contribution in [0, 0.1) is 5.92 Å². The molecule has 0 amide bonds. The van der Waals surface area contributed by atoms with Gasteiger partial charge in [0.25, 0.3) is 0 Å². The zero-order valence-corrected chi connectivity index (χ0v) is 17.5. The van der Waals surface area contributed by atoms with Gasteiger partial charge in [-0.25, -0.2) is 0 Å². The quantitative estimate of drug-likeness (QED) is 0.314. The Kier molecular flexibility index (Phi) is 6.50. The minimum absolute atomic E-state index is 0.156. The third-order valence-corrected chi connectivity index (χ3v) is 5.44. The van der Waals surface area contributed by atoms with Gasteiger partial charge in [-0.1, -0.05) is 6.07 Å². The van der Waals surface area contributed by atoms with Gasteiger partial charge in [0.15, 0.2) is 0 Å². The smallest absolute Gasteiger partial charge is 0.416 e. The highest BCUT2D eigenvalue weighted by atomic mass is 19.4. The lowest BCUT2D eigenvalue weighted by molar-refractivity contribution is -0.140. The van der Waals surface area contributed by atoms with E-state index in [2.05, 4.69) is 10.6 Å². The molecule has 2 aromatic carbocycles. The van der Waals surface area contributed by atoms with Gasteiger partial charge in [-0.05, 0) is 35.9 Å². The second kappa shape index (κ2) is 9.32. The molecule has 0 bridgehead atoms. The van der Waals surface area contributed by atoms with E-state index in [9.17, 15) is 18.0 Å². The highest BCUT2D eigenvalue weighted by Crippen LogP contribution is 2.34. The van der Waals surface area contributed by atoms with Crippen molar-refractivity contribution in [2.45, 2.75) is 12.7 Å². The van der Waals surface area contributed by atoms with Crippen molar-refractivity contribution in [3.63, 3.8) is 0 Å². The lowest BCUT2D eigenvalue weighted by Crippen LogP contribution is -2.48. The standard InChI is InChI=1S/C23H24F3N3O3/c1-31-8-7-27-13-16-14-29(21-6-5-17(9-20(16)21)23(24,25)26)18-3-2-4-19(10-18)32-22(30)15-11-28-12-15/h2-6,9-10,14-15,27-28H,7-8,11-13H2,1H3. The van der Waals surface area contributed by atoms with Crippen molar-refractivity contribution in [3.8, 4) is 11.4 Å². The van der Waals surface area contributed by atoms with Crippen LogP contribution in [0.3, 0.4) is 0 Å². The first-order valence-corrected chi connectivity index (χ1v) is 10.3. The molecule has 2 heterocycles. The molecule has 0 saturated carbocycles. The van der Waals surface area contributed by atoms with E-state index in [-0.39, 0.29) is 11.9 Å². The Bertz CT molecular complexity index is 1110. The number of alkyl halides is 3. The fourth-order valence-corrected chi connectivity index (χ4v) is 3.58. The maximum absolute atomic E-state index is 13.3. The molecule has 3 aromatic rings. The van der Waals surface area contributed by atoms with Crippen LogP contribution in [0.15, 0.2) is 48.7 Å². The van der Waals surface area contributed by atoms with Crippen LogP contribution >= 0.6 is 0 Å². The summed E-state index contributed by atoms with van der Waals surface area (Å²) in [5.41, 5.74) is 1.35. The number of halogens is 3. The number of esters is 1. The van der Waals surface area contributed by atoms with Gasteiger partial charge in [0.2, 0.25) is 0 Å². The number of methoxy groups -OCH3 is 1. The molecule has 6 nitrogen and oxygen atoms in total. The lowest BCUT2D eigenvalue weighted by atomic mass is 10.0. The molecule has 2 N–H and O–H groups in total. The van der Waals surface area contributed by atoms with E-state index in [1.54, 1.807) is 31.5 Å². The Morgan fingerprint density at radius 3 is 2.72 bits per heavy atom. The van der Waals surface area contributed by atoms with Crippen molar-refractivity contribution < 1.29 is 27.4 Å². The van der Waals surface area contributed by atoms with Crippen LogP contribution in [-0.2, 0) is 22.3 Å². The van der Waals surface area contributed by atoms with E-state index >= 15 is 0 Å². The van der Waals surface area contributed by atoms with Crippen molar-refractivity contribution >= 4 is 16.9 Å². The molecular formula is C23H24F3N3O3. The second-order valence-corrected chi connectivity index (χ2v) is 7.70. The molecular weight excluding hydrogens is 423 g/mol. The van der Waals surface area contributed by atoms with Gasteiger partial charge in [0.05, 0.1) is 23.6 Å². The fraction of sp³-hybridized carbons (Fsp3) is 0.348. The summed E-state index contributed by atoms with van der Waals surface area (Å²) in [6, 6.07) is 10.7.